The molecule has 0 saturated carbocycles. The second-order valence-corrected chi connectivity index (χ2v) is 5.39. The Morgan fingerprint density at radius 3 is 2.90 bits per heavy atom. The zero-order chi connectivity index (χ0) is 14.7. The molecular formula is C14H17ClN2O3. The van der Waals surface area contributed by atoms with Crippen molar-refractivity contribution in [3.63, 3.8) is 0 Å². The molecule has 1 amide bonds. The molecule has 0 aromatic heterocycles. The maximum Gasteiger partial charge on any atom is 0.288 e. The van der Waals surface area contributed by atoms with Gasteiger partial charge in [0.05, 0.1) is 4.92 Å². The maximum atomic E-state index is 12.5. The van der Waals surface area contributed by atoms with Gasteiger partial charge in [-0.05, 0) is 37.8 Å². The molecule has 0 spiro atoms. The summed E-state index contributed by atoms with van der Waals surface area (Å²) in [7, 11) is 0. The first-order chi connectivity index (χ1) is 9.54. The first kappa shape index (κ1) is 14.8. The molecule has 108 valence electrons. The van der Waals surface area contributed by atoms with Crippen molar-refractivity contribution in [3.8, 4) is 0 Å². The third kappa shape index (κ3) is 2.93. The molecule has 0 aliphatic carbocycles. The van der Waals surface area contributed by atoms with Crippen molar-refractivity contribution in [1.29, 1.82) is 0 Å². The summed E-state index contributed by atoms with van der Waals surface area (Å²) in [5.41, 5.74) is 0.115. The first-order valence-corrected chi connectivity index (χ1v) is 7.17. The zero-order valence-electron chi connectivity index (χ0n) is 11.3. The summed E-state index contributed by atoms with van der Waals surface area (Å²) in [4.78, 5) is 24.7. The van der Waals surface area contributed by atoms with E-state index in [2.05, 4.69) is 6.92 Å². The van der Waals surface area contributed by atoms with Crippen molar-refractivity contribution in [1.82, 2.24) is 4.90 Å². The summed E-state index contributed by atoms with van der Waals surface area (Å²) in [6, 6.07) is 4.47. The number of nitro groups is 1. The molecule has 1 aromatic rings. The number of likely N-dealkylation sites (tertiary alicyclic amines) is 1. The Balaban J connectivity index is 2.28. The summed E-state index contributed by atoms with van der Waals surface area (Å²) in [6.45, 7) is 2.77. The number of amides is 1. The molecule has 0 bridgehead atoms. The largest absolute Gasteiger partial charge is 0.336 e. The second kappa shape index (κ2) is 6.22. The number of carbonyl (C=O) groups is 1. The molecule has 0 radical (unpaired) electrons. The summed E-state index contributed by atoms with van der Waals surface area (Å²) in [6.07, 6.45) is 4.01. The van der Waals surface area contributed by atoms with E-state index >= 15 is 0 Å². The summed E-state index contributed by atoms with van der Waals surface area (Å²) >= 11 is 5.77. The molecule has 20 heavy (non-hydrogen) atoms. The second-order valence-electron chi connectivity index (χ2n) is 4.98. The van der Waals surface area contributed by atoms with Crippen LogP contribution in [0.5, 0.6) is 0 Å². The number of halogens is 1. The highest BCUT2D eigenvalue weighted by molar-refractivity contribution is 6.32. The van der Waals surface area contributed by atoms with Gasteiger partial charge >= 0.3 is 0 Å². The Kier molecular flexibility index (Phi) is 4.60. The van der Waals surface area contributed by atoms with E-state index in [-0.39, 0.29) is 22.7 Å². The molecule has 1 heterocycles. The van der Waals surface area contributed by atoms with Crippen LogP contribution in [0.3, 0.4) is 0 Å². The minimum Gasteiger partial charge on any atom is -0.336 e. The van der Waals surface area contributed by atoms with Gasteiger partial charge in [-0.1, -0.05) is 18.5 Å². The average molecular weight is 297 g/mol. The fourth-order valence-corrected chi connectivity index (χ4v) is 2.83. The highest BCUT2D eigenvalue weighted by atomic mass is 35.5. The third-order valence-corrected chi connectivity index (χ3v) is 4.07. The Hall–Kier alpha value is -1.62. The quantitative estimate of drug-likeness (QED) is 0.631. The van der Waals surface area contributed by atoms with E-state index < -0.39 is 4.92 Å². The lowest BCUT2D eigenvalue weighted by Gasteiger charge is -2.35. The number of hydrogen-bond acceptors (Lipinski definition) is 3. The fraction of sp³-hybridized carbons (Fsp3) is 0.500. The van der Waals surface area contributed by atoms with Crippen molar-refractivity contribution < 1.29 is 9.72 Å². The van der Waals surface area contributed by atoms with Crippen LogP contribution in [-0.4, -0.2) is 28.3 Å². The molecule has 1 aromatic carbocycles. The molecule has 1 aliphatic heterocycles. The van der Waals surface area contributed by atoms with Gasteiger partial charge in [-0.15, -0.1) is 0 Å². The van der Waals surface area contributed by atoms with E-state index in [1.807, 2.05) is 4.90 Å². The Morgan fingerprint density at radius 1 is 1.50 bits per heavy atom. The standard InChI is InChI=1S/C14H17ClN2O3/c1-2-11-5-3-4-8-16(11)14(18)10-6-7-12(15)13(9-10)17(19)20/h6-7,9,11H,2-5,8H2,1H3/t11-/m0/s1. The highest BCUT2D eigenvalue weighted by Crippen LogP contribution is 2.27. The van der Waals surface area contributed by atoms with Crippen molar-refractivity contribution in [2.24, 2.45) is 0 Å². The number of piperidine rings is 1. The predicted octanol–water partition coefficient (Wildman–Crippen LogP) is 3.65. The Labute approximate surface area is 122 Å². The van der Waals surface area contributed by atoms with Gasteiger partial charge in [-0.2, -0.15) is 0 Å². The van der Waals surface area contributed by atoms with Crippen LogP contribution in [0.15, 0.2) is 18.2 Å². The van der Waals surface area contributed by atoms with E-state index in [0.717, 1.165) is 25.7 Å². The molecule has 1 aliphatic rings. The van der Waals surface area contributed by atoms with Gasteiger partial charge in [0.2, 0.25) is 0 Å². The van der Waals surface area contributed by atoms with Crippen LogP contribution in [0.2, 0.25) is 5.02 Å². The molecular weight excluding hydrogens is 280 g/mol. The van der Waals surface area contributed by atoms with Gasteiger partial charge in [-0.3, -0.25) is 14.9 Å². The van der Waals surface area contributed by atoms with Crippen LogP contribution in [-0.2, 0) is 0 Å². The predicted molar refractivity (Wildman–Crippen MR) is 77.1 cm³/mol. The van der Waals surface area contributed by atoms with E-state index in [0.29, 0.717) is 12.1 Å². The van der Waals surface area contributed by atoms with Crippen LogP contribution in [0.25, 0.3) is 0 Å². The molecule has 6 heteroatoms. The number of nitrogens with zero attached hydrogens (tertiary/aromatic N) is 2. The van der Waals surface area contributed by atoms with Crippen molar-refractivity contribution in [2.75, 3.05) is 6.54 Å². The van der Waals surface area contributed by atoms with Gasteiger partial charge in [0.25, 0.3) is 11.6 Å². The SMILES string of the molecule is CC[C@H]1CCCCN1C(=O)c1ccc(Cl)c([N+](=O)[O-])c1. The van der Waals surface area contributed by atoms with Crippen LogP contribution in [0.1, 0.15) is 43.0 Å². The smallest absolute Gasteiger partial charge is 0.288 e. The van der Waals surface area contributed by atoms with E-state index in [1.165, 1.54) is 12.1 Å². The van der Waals surface area contributed by atoms with Gasteiger partial charge in [0.1, 0.15) is 5.02 Å². The lowest BCUT2D eigenvalue weighted by Crippen LogP contribution is -2.43. The highest BCUT2D eigenvalue weighted by Gasteiger charge is 2.27. The molecule has 2 rings (SSSR count). The number of hydrogen-bond donors (Lipinski definition) is 0. The number of nitro benzene ring substituents is 1. The van der Waals surface area contributed by atoms with Gasteiger partial charge in [-0.25, -0.2) is 0 Å². The molecule has 1 atom stereocenters. The van der Waals surface area contributed by atoms with E-state index in [1.54, 1.807) is 6.07 Å². The lowest BCUT2D eigenvalue weighted by atomic mass is 9.99. The molecule has 1 fully saturated rings. The Bertz CT molecular complexity index is 533. The molecule has 5 nitrogen and oxygen atoms in total. The molecule has 0 N–H and O–H groups in total. The zero-order valence-corrected chi connectivity index (χ0v) is 12.1. The van der Waals surface area contributed by atoms with Crippen LogP contribution in [0, 0.1) is 10.1 Å². The third-order valence-electron chi connectivity index (χ3n) is 3.75. The van der Waals surface area contributed by atoms with E-state index in [9.17, 15) is 14.9 Å². The van der Waals surface area contributed by atoms with Crippen molar-refractivity contribution in [3.05, 3.63) is 38.9 Å². The van der Waals surface area contributed by atoms with Crippen LogP contribution in [0.4, 0.5) is 5.69 Å². The fourth-order valence-electron chi connectivity index (χ4n) is 2.64. The Morgan fingerprint density at radius 2 is 2.25 bits per heavy atom. The normalized spacial score (nSPS) is 18.9. The number of carbonyl (C=O) groups excluding carboxylic acids is 1. The topological polar surface area (TPSA) is 63.5 Å². The van der Waals surface area contributed by atoms with Gasteiger partial charge in [0.15, 0.2) is 0 Å². The average Bonchev–Trinajstić information content (AvgIpc) is 2.46. The van der Waals surface area contributed by atoms with Crippen molar-refractivity contribution in [2.45, 2.75) is 38.6 Å². The lowest BCUT2D eigenvalue weighted by molar-refractivity contribution is -0.384. The number of benzene rings is 1. The van der Waals surface area contributed by atoms with Gasteiger partial charge in [0, 0.05) is 24.2 Å². The summed E-state index contributed by atoms with van der Waals surface area (Å²) in [5, 5.41) is 10.9. The maximum absolute atomic E-state index is 12.5. The van der Waals surface area contributed by atoms with Crippen LogP contribution < -0.4 is 0 Å². The minimum atomic E-state index is -0.563. The van der Waals surface area contributed by atoms with Crippen molar-refractivity contribution >= 4 is 23.2 Å². The first-order valence-electron chi connectivity index (χ1n) is 6.79. The number of rotatable bonds is 3. The van der Waals surface area contributed by atoms with Gasteiger partial charge < -0.3 is 4.90 Å². The molecule has 1 saturated heterocycles. The molecule has 0 unspecified atom stereocenters. The summed E-state index contributed by atoms with van der Waals surface area (Å²) < 4.78 is 0. The monoisotopic (exact) mass is 296 g/mol. The van der Waals surface area contributed by atoms with E-state index in [4.69, 9.17) is 11.6 Å². The minimum absolute atomic E-state index is 0.0530. The van der Waals surface area contributed by atoms with Crippen LogP contribution >= 0.6 is 11.6 Å². The summed E-state index contributed by atoms with van der Waals surface area (Å²) in [5.74, 6) is -0.142.